The van der Waals surface area contributed by atoms with Crippen molar-refractivity contribution >= 4 is 15.0 Å². The van der Waals surface area contributed by atoms with Crippen molar-refractivity contribution in [3.8, 4) is 6.07 Å². The number of rotatable bonds is 2. The number of anilines is 1. The van der Waals surface area contributed by atoms with Crippen LogP contribution in [0.15, 0.2) is 23.1 Å². The Morgan fingerprint density at radius 3 is 2.60 bits per heavy atom. The van der Waals surface area contributed by atoms with Gasteiger partial charge in [-0.05, 0) is 25.1 Å². The molecule has 0 aliphatic heterocycles. The predicted molar refractivity (Wildman–Crippen MR) is 61.1 cm³/mol. The maximum absolute atomic E-state index is 12.2. The Morgan fingerprint density at radius 1 is 1.60 bits per heavy atom. The van der Waals surface area contributed by atoms with Gasteiger partial charge in [-0.15, -0.1) is 0 Å². The molecule has 1 rings (SSSR count). The fourth-order valence-corrected chi connectivity index (χ4v) is 2.64. The molecule has 0 saturated carbocycles. The number of benzene rings is 1. The molecule has 0 unspecified atom stereocenters. The van der Waals surface area contributed by atoms with Crippen LogP contribution in [0, 0.1) is 11.3 Å². The zero-order valence-electron chi connectivity index (χ0n) is 8.73. The van der Waals surface area contributed by atoms with Crippen LogP contribution < -0.4 is 5.73 Å². The summed E-state index contributed by atoms with van der Waals surface area (Å²) in [5.74, 6) is 0.104. The molecule has 1 aromatic rings. The predicted octanol–water partition coefficient (Wildman–Crippen LogP) is 1.44. The first kappa shape index (κ1) is 11.7. The van der Waals surface area contributed by atoms with Crippen molar-refractivity contribution in [1.82, 2.24) is 0 Å². The molecule has 0 bridgehead atoms. The van der Waals surface area contributed by atoms with Gasteiger partial charge in [0.05, 0.1) is 22.2 Å². The third-order valence-electron chi connectivity index (χ3n) is 2.38. The van der Waals surface area contributed by atoms with Crippen LogP contribution in [-0.2, 0) is 9.35 Å². The summed E-state index contributed by atoms with van der Waals surface area (Å²) < 4.78 is 22.2. The van der Waals surface area contributed by atoms with Crippen LogP contribution in [0.3, 0.4) is 0 Å². The topological polar surface area (TPSA) is 87.1 Å². The second kappa shape index (κ2) is 3.33. The molecule has 5 heteroatoms. The lowest BCUT2D eigenvalue weighted by Gasteiger charge is -2.38. The highest BCUT2D eigenvalue weighted by Crippen LogP contribution is 2.33. The van der Waals surface area contributed by atoms with Crippen molar-refractivity contribution in [1.29, 1.82) is 5.26 Å². The summed E-state index contributed by atoms with van der Waals surface area (Å²) in [6, 6.07) is 6.29. The molecule has 0 atom stereocenters. The van der Waals surface area contributed by atoms with Gasteiger partial charge in [0.25, 0.3) is 0 Å². The van der Waals surface area contributed by atoms with Crippen LogP contribution in [0.4, 0.5) is 5.69 Å². The van der Waals surface area contributed by atoms with E-state index in [1.54, 1.807) is 6.92 Å². The van der Waals surface area contributed by atoms with Gasteiger partial charge in [-0.1, -0.05) is 0 Å². The first-order chi connectivity index (χ1) is 6.78. The lowest BCUT2D eigenvalue weighted by atomic mass is 10.2. The van der Waals surface area contributed by atoms with Gasteiger partial charge in [-0.25, -0.2) is 4.21 Å². The van der Waals surface area contributed by atoms with E-state index in [0.717, 1.165) is 0 Å². The average molecular weight is 226 g/mol. The quantitative estimate of drug-likeness (QED) is 0.747. The second-order valence-corrected chi connectivity index (χ2v) is 7.62. The molecule has 0 radical (unpaired) electrons. The number of nitriles is 1. The molecular formula is C10H14N2O2S. The van der Waals surface area contributed by atoms with Gasteiger partial charge in [0, 0.05) is 12.0 Å². The molecule has 0 aliphatic rings. The fourth-order valence-electron chi connectivity index (χ4n) is 1.25. The summed E-state index contributed by atoms with van der Waals surface area (Å²) in [4.78, 5) is 0.216. The normalized spacial score (nSPS) is 13.9. The highest BCUT2D eigenvalue weighted by atomic mass is 32.3. The van der Waals surface area contributed by atoms with Gasteiger partial charge in [0.2, 0.25) is 0 Å². The Hall–Kier alpha value is -1.38. The van der Waals surface area contributed by atoms with Gasteiger partial charge in [0.15, 0.2) is 0 Å². The first-order valence-electron chi connectivity index (χ1n) is 4.46. The number of nitrogen functional groups attached to an aromatic ring is 1. The molecule has 1 aromatic carbocycles. The molecule has 0 spiro atoms. The van der Waals surface area contributed by atoms with E-state index < -0.39 is 9.35 Å². The average Bonchev–Trinajstić information content (AvgIpc) is 2.16. The van der Waals surface area contributed by atoms with Crippen molar-refractivity contribution in [2.75, 3.05) is 17.7 Å². The maximum Gasteiger partial charge on any atom is 0.0992 e. The van der Waals surface area contributed by atoms with Crippen LogP contribution >= 0.6 is 0 Å². The summed E-state index contributed by atoms with van der Waals surface area (Å²) in [6.45, 7) is 1.63. The van der Waals surface area contributed by atoms with E-state index >= 15 is 0 Å². The second-order valence-electron chi connectivity index (χ2n) is 3.64. The van der Waals surface area contributed by atoms with Crippen molar-refractivity contribution in [2.45, 2.75) is 11.8 Å². The van der Waals surface area contributed by atoms with E-state index in [-0.39, 0.29) is 16.3 Å². The lowest BCUT2D eigenvalue weighted by molar-refractivity contribution is 0.521. The largest absolute Gasteiger partial charge is 0.397 e. The van der Waals surface area contributed by atoms with Crippen LogP contribution in [0.25, 0.3) is 0 Å². The monoisotopic (exact) mass is 226 g/mol. The lowest BCUT2D eigenvalue weighted by Crippen LogP contribution is -2.34. The molecule has 3 N–H and O–H groups in total. The zero-order chi connectivity index (χ0) is 11.7. The van der Waals surface area contributed by atoms with Gasteiger partial charge in [-0.3, -0.25) is 4.55 Å². The van der Waals surface area contributed by atoms with E-state index in [9.17, 15) is 8.76 Å². The third kappa shape index (κ3) is 2.17. The minimum Gasteiger partial charge on any atom is -0.397 e. The van der Waals surface area contributed by atoms with E-state index in [1.807, 2.05) is 6.07 Å². The number of hydrogen-bond acceptors (Lipinski definition) is 3. The van der Waals surface area contributed by atoms with Crippen LogP contribution in [0.1, 0.15) is 12.5 Å². The molecule has 0 heterocycles. The Morgan fingerprint density at radius 2 is 2.20 bits per heavy atom. The van der Waals surface area contributed by atoms with E-state index in [1.165, 1.54) is 24.5 Å². The minimum absolute atomic E-state index is 0.104. The Bertz CT molecular complexity index is 497. The highest BCUT2D eigenvalue weighted by molar-refractivity contribution is 8.14. The number of nitrogens with zero attached hydrogens (tertiary/aromatic N) is 1. The van der Waals surface area contributed by atoms with Crippen molar-refractivity contribution in [2.24, 2.45) is 0 Å². The first-order valence-corrected chi connectivity index (χ1v) is 6.96. The van der Waals surface area contributed by atoms with Crippen LogP contribution in [0.5, 0.6) is 0 Å². The van der Waals surface area contributed by atoms with Gasteiger partial charge < -0.3 is 5.73 Å². The minimum atomic E-state index is -3.83. The summed E-state index contributed by atoms with van der Waals surface area (Å²) in [5.41, 5.74) is 6.24. The molecule has 0 fully saturated rings. The number of hydrogen-bond donors (Lipinski definition) is 2. The maximum atomic E-state index is 12.2. The Kier molecular flexibility index (Phi) is 2.60. The van der Waals surface area contributed by atoms with Crippen molar-refractivity contribution < 1.29 is 8.76 Å². The van der Waals surface area contributed by atoms with Gasteiger partial charge >= 0.3 is 0 Å². The standard InChI is InChI=1S/C10H14N2O2S/c1-3-15(2,13,14)10-5-4-8(7-11)6-9(10)12/h4-6H,3,12H2,1-2H3,(H,13,14). The summed E-state index contributed by atoms with van der Waals surface area (Å²) in [7, 11) is -3.83. The van der Waals surface area contributed by atoms with Crippen LogP contribution in [0.2, 0.25) is 0 Å². The molecule has 0 aromatic heterocycles. The van der Waals surface area contributed by atoms with Crippen molar-refractivity contribution in [3.63, 3.8) is 0 Å². The molecule has 0 saturated heterocycles. The van der Waals surface area contributed by atoms with Crippen LogP contribution in [-0.4, -0.2) is 20.8 Å². The smallest absolute Gasteiger partial charge is 0.0992 e. The molecule has 0 amide bonds. The summed E-state index contributed by atoms with van der Waals surface area (Å²) in [6.07, 6.45) is 1.29. The van der Waals surface area contributed by atoms with E-state index in [4.69, 9.17) is 11.0 Å². The SMILES string of the molecule is CCS(C)(=O)(O)c1ccc(C#N)cc1N. The molecule has 0 aliphatic carbocycles. The van der Waals surface area contributed by atoms with Gasteiger partial charge in [-0.2, -0.15) is 14.6 Å². The Balaban J connectivity index is 3.44. The summed E-state index contributed by atoms with van der Waals surface area (Å²) >= 11 is 0. The molecule has 4 nitrogen and oxygen atoms in total. The highest BCUT2D eigenvalue weighted by Gasteiger charge is 2.24. The van der Waals surface area contributed by atoms with Crippen molar-refractivity contribution in [3.05, 3.63) is 23.8 Å². The molecule has 82 valence electrons. The molecule has 15 heavy (non-hydrogen) atoms. The van der Waals surface area contributed by atoms with E-state index in [0.29, 0.717) is 5.56 Å². The summed E-state index contributed by atoms with van der Waals surface area (Å²) in [5, 5.41) is 8.64. The third-order valence-corrected chi connectivity index (χ3v) is 5.24. The Labute approximate surface area is 88.9 Å². The number of nitrogens with two attached hydrogens (primary N) is 1. The zero-order valence-corrected chi connectivity index (χ0v) is 9.54. The fraction of sp³-hybridized carbons (Fsp3) is 0.300. The molecular weight excluding hydrogens is 212 g/mol. The van der Waals surface area contributed by atoms with E-state index in [2.05, 4.69) is 0 Å². The van der Waals surface area contributed by atoms with Gasteiger partial charge in [0.1, 0.15) is 0 Å².